The van der Waals surface area contributed by atoms with Crippen molar-refractivity contribution in [1.29, 1.82) is 0 Å². The first-order valence-electron chi connectivity index (χ1n) is 4.80. The van der Waals surface area contributed by atoms with Crippen LogP contribution in [-0.2, 0) is 0 Å². The Balaban J connectivity index is 2.66. The zero-order chi connectivity index (χ0) is 9.68. The zero-order valence-corrected chi connectivity index (χ0v) is 8.53. The van der Waals surface area contributed by atoms with Gasteiger partial charge in [0.05, 0.1) is 0 Å². The molecule has 1 atom stereocenters. The number of nitrogens with zero attached hydrogens (tertiary/aromatic N) is 2. The Morgan fingerprint density at radius 3 is 2.85 bits per heavy atom. The molecule has 0 amide bonds. The molecule has 2 nitrogen and oxygen atoms in total. The normalized spacial score (nSPS) is 25.7. The van der Waals surface area contributed by atoms with Gasteiger partial charge in [-0.25, -0.2) is 0 Å². The number of rotatable bonds is 3. The molecule has 0 aromatic heterocycles. The average Bonchev–Trinajstić information content (AvgIpc) is 2.54. The van der Waals surface area contributed by atoms with E-state index in [2.05, 4.69) is 36.5 Å². The summed E-state index contributed by atoms with van der Waals surface area (Å²) >= 11 is 0. The van der Waals surface area contributed by atoms with Crippen LogP contribution in [0.25, 0.3) is 0 Å². The van der Waals surface area contributed by atoms with Crippen molar-refractivity contribution < 1.29 is 0 Å². The van der Waals surface area contributed by atoms with Crippen molar-refractivity contribution in [2.75, 3.05) is 13.6 Å². The Morgan fingerprint density at radius 1 is 1.62 bits per heavy atom. The summed E-state index contributed by atoms with van der Waals surface area (Å²) in [6.45, 7) is 6.84. The molecule has 13 heavy (non-hydrogen) atoms. The second-order valence-electron chi connectivity index (χ2n) is 3.39. The third-order valence-electron chi connectivity index (χ3n) is 2.57. The van der Waals surface area contributed by atoms with Crippen molar-refractivity contribution in [2.24, 2.45) is 4.99 Å². The van der Waals surface area contributed by atoms with Gasteiger partial charge in [0.2, 0.25) is 0 Å². The standard InChI is InChI=1S/C11H18N2/c1-4-10(9-12-5-2)11-7-6-8-13(11)3/h4-5,9,11H,2,6-8H2,1,3H3/b10-4+,12-9?/t11-/m0/s1. The smallest absolute Gasteiger partial charge is 0.0357 e. The number of likely N-dealkylation sites (N-methyl/N-ethyl adjacent to an activating group) is 1. The lowest BCUT2D eigenvalue weighted by Gasteiger charge is -2.19. The molecule has 1 aliphatic heterocycles. The second-order valence-corrected chi connectivity index (χ2v) is 3.39. The van der Waals surface area contributed by atoms with Crippen LogP contribution in [0.4, 0.5) is 0 Å². The van der Waals surface area contributed by atoms with Gasteiger partial charge < -0.3 is 0 Å². The monoisotopic (exact) mass is 178 g/mol. The lowest BCUT2D eigenvalue weighted by molar-refractivity contribution is 0.351. The first-order valence-corrected chi connectivity index (χ1v) is 4.80. The van der Waals surface area contributed by atoms with Gasteiger partial charge in [-0.15, -0.1) is 0 Å². The van der Waals surface area contributed by atoms with E-state index < -0.39 is 0 Å². The zero-order valence-electron chi connectivity index (χ0n) is 8.53. The molecule has 72 valence electrons. The van der Waals surface area contributed by atoms with E-state index >= 15 is 0 Å². The van der Waals surface area contributed by atoms with Gasteiger partial charge >= 0.3 is 0 Å². The molecule has 0 aromatic carbocycles. The molecule has 0 radical (unpaired) electrons. The highest BCUT2D eigenvalue weighted by Gasteiger charge is 2.22. The van der Waals surface area contributed by atoms with Gasteiger partial charge in [0, 0.05) is 18.5 Å². The molecule has 0 N–H and O–H groups in total. The minimum Gasteiger partial charge on any atom is -0.299 e. The first kappa shape index (κ1) is 10.2. The van der Waals surface area contributed by atoms with E-state index in [4.69, 9.17) is 0 Å². The minimum atomic E-state index is 0.564. The van der Waals surface area contributed by atoms with E-state index in [0.717, 1.165) is 0 Å². The fourth-order valence-electron chi connectivity index (χ4n) is 1.82. The maximum absolute atomic E-state index is 4.07. The molecule has 1 rings (SSSR count). The van der Waals surface area contributed by atoms with Crippen LogP contribution in [0.15, 0.2) is 29.4 Å². The van der Waals surface area contributed by atoms with Crippen LogP contribution in [0.2, 0.25) is 0 Å². The molecule has 1 heterocycles. The Hall–Kier alpha value is -0.890. The molecular weight excluding hydrogens is 160 g/mol. The van der Waals surface area contributed by atoms with Gasteiger partial charge in [-0.3, -0.25) is 9.89 Å². The summed E-state index contributed by atoms with van der Waals surface area (Å²) in [5.41, 5.74) is 1.31. The van der Waals surface area contributed by atoms with Crippen molar-refractivity contribution in [1.82, 2.24) is 4.90 Å². The number of aliphatic imine (C=N–C) groups is 1. The minimum absolute atomic E-state index is 0.564. The summed E-state index contributed by atoms with van der Waals surface area (Å²) in [6.07, 6.45) is 8.18. The molecule has 0 saturated carbocycles. The lowest BCUT2D eigenvalue weighted by atomic mass is 10.1. The van der Waals surface area contributed by atoms with E-state index in [1.807, 2.05) is 6.21 Å². The fourth-order valence-corrected chi connectivity index (χ4v) is 1.82. The van der Waals surface area contributed by atoms with E-state index in [0.29, 0.717) is 6.04 Å². The van der Waals surface area contributed by atoms with Crippen LogP contribution >= 0.6 is 0 Å². The largest absolute Gasteiger partial charge is 0.299 e. The Labute approximate surface area is 80.7 Å². The van der Waals surface area contributed by atoms with Gasteiger partial charge in [-0.2, -0.15) is 0 Å². The fraction of sp³-hybridized carbons (Fsp3) is 0.545. The molecule has 1 fully saturated rings. The van der Waals surface area contributed by atoms with E-state index in [-0.39, 0.29) is 0 Å². The Kier molecular flexibility index (Phi) is 3.90. The Bertz CT molecular complexity index is 228. The number of likely N-dealkylation sites (tertiary alicyclic amines) is 1. The highest BCUT2D eigenvalue weighted by Crippen LogP contribution is 2.20. The molecule has 0 bridgehead atoms. The predicted molar refractivity (Wildman–Crippen MR) is 58.1 cm³/mol. The van der Waals surface area contributed by atoms with Crippen LogP contribution in [0, 0.1) is 0 Å². The van der Waals surface area contributed by atoms with Gasteiger partial charge in [-0.05, 0) is 38.9 Å². The van der Waals surface area contributed by atoms with Gasteiger partial charge in [0.15, 0.2) is 0 Å². The number of allylic oxidation sites excluding steroid dienone is 1. The van der Waals surface area contributed by atoms with Crippen molar-refractivity contribution in [3.8, 4) is 0 Å². The van der Waals surface area contributed by atoms with Crippen LogP contribution in [-0.4, -0.2) is 30.7 Å². The Morgan fingerprint density at radius 2 is 2.38 bits per heavy atom. The number of hydrogen-bond acceptors (Lipinski definition) is 2. The SMILES string of the molecule is C=CN=C/C(=C\C)[C@@H]1CCCN1C. The van der Waals surface area contributed by atoms with E-state index in [1.54, 1.807) is 6.20 Å². The van der Waals surface area contributed by atoms with Crippen LogP contribution in [0.3, 0.4) is 0 Å². The van der Waals surface area contributed by atoms with Crippen molar-refractivity contribution >= 4 is 6.21 Å². The highest BCUT2D eigenvalue weighted by atomic mass is 15.1. The third-order valence-corrected chi connectivity index (χ3v) is 2.57. The molecule has 0 unspecified atom stereocenters. The molecule has 0 aromatic rings. The van der Waals surface area contributed by atoms with Crippen molar-refractivity contribution in [2.45, 2.75) is 25.8 Å². The first-order chi connectivity index (χ1) is 6.29. The summed E-state index contributed by atoms with van der Waals surface area (Å²) < 4.78 is 0. The van der Waals surface area contributed by atoms with E-state index in [9.17, 15) is 0 Å². The maximum atomic E-state index is 4.07. The quantitative estimate of drug-likeness (QED) is 0.605. The summed E-state index contributed by atoms with van der Waals surface area (Å²) in [5.74, 6) is 0. The average molecular weight is 178 g/mol. The highest BCUT2D eigenvalue weighted by molar-refractivity contribution is 5.80. The lowest BCUT2D eigenvalue weighted by Crippen LogP contribution is -2.27. The molecule has 1 aliphatic rings. The van der Waals surface area contributed by atoms with Crippen molar-refractivity contribution in [3.63, 3.8) is 0 Å². The topological polar surface area (TPSA) is 15.6 Å². The predicted octanol–water partition coefficient (Wildman–Crippen LogP) is 2.24. The molecule has 2 heteroatoms. The second kappa shape index (κ2) is 4.97. The molecular formula is C11H18N2. The summed E-state index contributed by atoms with van der Waals surface area (Å²) in [5, 5.41) is 0. The summed E-state index contributed by atoms with van der Waals surface area (Å²) in [4.78, 5) is 6.45. The maximum Gasteiger partial charge on any atom is 0.0357 e. The van der Waals surface area contributed by atoms with Crippen LogP contribution in [0.5, 0.6) is 0 Å². The van der Waals surface area contributed by atoms with Crippen LogP contribution in [0.1, 0.15) is 19.8 Å². The molecule has 0 aliphatic carbocycles. The molecule has 1 saturated heterocycles. The third kappa shape index (κ3) is 2.52. The van der Waals surface area contributed by atoms with Crippen LogP contribution < -0.4 is 0 Å². The molecule has 0 spiro atoms. The van der Waals surface area contributed by atoms with Gasteiger partial charge in [0.25, 0.3) is 0 Å². The summed E-state index contributed by atoms with van der Waals surface area (Å²) in [7, 11) is 2.17. The van der Waals surface area contributed by atoms with E-state index in [1.165, 1.54) is 25.0 Å². The van der Waals surface area contributed by atoms with Gasteiger partial charge in [0.1, 0.15) is 0 Å². The van der Waals surface area contributed by atoms with Gasteiger partial charge in [-0.1, -0.05) is 12.7 Å². The summed E-state index contributed by atoms with van der Waals surface area (Å²) in [6, 6.07) is 0.564. The van der Waals surface area contributed by atoms with Crippen molar-refractivity contribution in [3.05, 3.63) is 24.4 Å². The number of hydrogen-bond donors (Lipinski definition) is 0.